The van der Waals surface area contributed by atoms with E-state index >= 15 is 0 Å². The maximum absolute atomic E-state index is 12.2. The first-order valence-electron chi connectivity index (χ1n) is 7.33. The summed E-state index contributed by atoms with van der Waals surface area (Å²) in [6.45, 7) is 3.32. The van der Waals surface area contributed by atoms with Crippen LogP contribution in [0.3, 0.4) is 0 Å². The number of likely N-dealkylation sites (tertiary alicyclic amines) is 1. The van der Waals surface area contributed by atoms with Crippen molar-refractivity contribution in [2.24, 2.45) is 0 Å². The summed E-state index contributed by atoms with van der Waals surface area (Å²) in [6, 6.07) is 3.64. The summed E-state index contributed by atoms with van der Waals surface area (Å²) in [7, 11) is 0. The quantitative estimate of drug-likeness (QED) is 0.898. The van der Waals surface area contributed by atoms with E-state index in [1.165, 1.54) is 12.7 Å². The zero-order valence-electron chi connectivity index (χ0n) is 11.9. The van der Waals surface area contributed by atoms with Crippen molar-refractivity contribution < 1.29 is 14.0 Å². The lowest BCUT2D eigenvalue weighted by Crippen LogP contribution is -2.44. The third-order valence-corrected chi connectivity index (χ3v) is 3.79. The molecule has 0 aromatic carbocycles. The van der Waals surface area contributed by atoms with Crippen LogP contribution in [0.15, 0.2) is 22.8 Å². The Morgan fingerprint density at radius 3 is 3.00 bits per heavy atom. The molecule has 5 nitrogen and oxygen atoms in total. The number of hydrogen-bond donors (Lipinski definition) is 1. The summed E-state index contributed by atoms with van der Waals surface area (Å²) < 4.78 is 5.00. The molecule has 1 unspecified atom stereocenters. The van der Waals surface area contributed by atoms with E-state index in [1.807, 2.05) is 4.90 Å². The summed E-state index contributed by atoms with van der Waals surface area (Å²) >= 11 is 0. The lowest BCUT2D eigenvalue weighted by Gasteiger charge is -2.35. The standard InChI is InChI=1S/C15H22N2O3/c1-2-12-6-3-4-10-17(12)14(18)8-9-16-15(19)13-7-5-11-20-13/h5,7,11-12H,2-4,6,8-10H2,1H3,(H,16,19). The van der Waals surface area contributed by atoms with Crippen molar-refractivity contribution >= 4 is 11.8 Å². The Kier molecular flexibility index (Phi) is 5.21. The summed E-state index contributed by atoms with van der Waals surface area (Å²) in [5.41, 5.74) is 0. The molecule has 0 spiro atoms. The van der Waals surface area contributed by atoms with E-state index in [-0.39, 0.29) is 17.6 Å². The Balaban J connectivity index is 1.75. The topological polar surface area (TPSA) is 62.6 Å². The molecule has 0 bridgehead atoms. The third kappa shape index (κ3) is 3.62. The van der Waals surface area contributed by atoms with Crippen molar-refractivity contribution in [2.75, 3.05) is 13.1 Å². The van der Waals surface area contributed by atoms with E-state index in [4.69, 9.17) is 4.42 Å². The Morgan fingerprint density at radius 2 is 2.30 bits per heavy atom. The van der Waals surface area contributed by atoms with Crippen molar-refractivity contribution in [1.82, 2.24) is 10.2 Å². The summed E-state index contributed by atoms with van der Waals surface area (Å²) in [5.74, 6) is 0.145. The van der Waals surface area contributed by atoms with Crippen molar-refractivity contribution in [1.29, 1.82) is 0 Å². The highest BCUT2D eigenvalue weighted by atomic mass is 16.3. The molecule has 1 aliphatic rings. The van der Waals surface area contributed by atoms with Crippen LogP contribution in [0.2, 0.25) is 0 Å². The van der Waals surface area contributed by atoms with Crippen LogP contribution < -0.4 is 5.32 Å². The summed E-state index contributed by atoms with van der Waals surface area (Å²) in [5, 5.41) is 2.71. The van der Waals surface area contributed by atoms with Crippen LogP contribution in [-0.2, 0) is 4.79 Å². The van der Waals surface area contributed by atoms with Crippen LogP contribution in [-0.4, -0.2) is 35.8 Å². The molecule has 1 fully saturated rings. The number of carbonyl (C=O) groups excluding carboxylic acids is 2. The minimum Gasteiger partial charge on any atom is -0.459 e. The highest BCUT2D eigenvalue weighted by molar-refractivity contribution is 5.91. The number of piperidine rings is 1. The van der Waals surface area contributed by atoms with E-state index in [0.29, 0.717) is 19.0 Å². The first-order chi connectivity index (χ1) is 9.72. The number of carbonyl (C=O) groups is 2. The molecule has 5 heteroatoms. The molecule has 2 heterocycles. The van der Waals surface area contributed by atoms with Gasteiger partial charge in [-0.05, 0) is 37.8 Å². The average Bonchev–Trinajstić information content (AvgIpc) is 3.01. The van der Waals surface area contributed by atoms with Crippen LogP contribution in [0.25, 0.3) is 0 Å². The number of nitrogens with one attached hydrogen (secondary N) is 1. The first kappa shape index (κ1) is 14.6. The molecule has 0 saturated carbocycles. The fourth-order valence-electron chi connectivity index (χ4n) is 2.67. The van der Waals surface area contributed by atoms with E-state index in [9.17, 15) is 9.59 Å². The highest BCUT2D eigenvalue weighted by Crippen LogP contribution is 2.20. The van der Waals surface area contributed by atoms with Gasteiger partial charge >= 0.3 is 0 Å². The molecule has 1 aromatic heterocycles. The molecule has 2 rings (SSSR count). The van der Waals surface area contributed by atoms with Crippen molar-refractivity contribution in [3.63, 3.8) is 0 Å². The molecule has 2 amide bonds. The average molecular weight is 278 g/mol. The molecule has 0 aliphatic carbocycles. The second-order valence-corrected chi connectivity index (χ2v) is 5.13. The maximum Gasteiger partial charge on any atom is 0.286 e. The fraction of sp³-hybridized carbons (Fsp3) is 0.600. The van der Waals surface area contributed by atoms with E-state index in [1.54, 1.807) is 12.1 Å². The SMILES string of the molecule is CCC1CCCCN1C(=O)CCNC(=O)c1ccco1. The maximum atomic E-state index is 12.2. The zero-order chi connectivity index (χ0) is 14.4. The first-order valence-corrected chi connectivity index (χ1v) is 7.33. The fourth-order valence-corrected chi connectivity index (χ4v) is 2.67. The molecule has 0 radical (unpaired) electrons. The summed E-state index contributed by atoms with van der Waals surface area (Å²) in [6.07, 6.45) is 6.20. The van der Waals surface area contributed by atoms with Gasteiger partial charge in [0.25, 0.3) is 5.91 Å². The Morgan fingerprint density at radius 1 is 1.45 bits per heavy atom. The van der Waals surface area contributed by atoms with Crippen LogP contribution >= 0.6 is 0 Å². The molecule has 110 valence electrons. The Bertz CT molecular complexity index is 442. The van der Waals surface area contributed by atoms with Crippen molar-refractivity contribution in [3.8, 4) is 0 Å². The van der Waals surface area contributed by atoms with Gasteiger partial charge in [0.2, 0.25) is 5.91 Å². The predicted molar refractivity (Wildman–Crippen MR) is 75.3 cm³/mol. The molecular weight excluding hydrogens is 256 g/mol. The van der Waals surface area contributed by atoms with Gasteiger partial charge in [0, 0.05) is 25.6 Å². The molecule has 20 heavy (non-hydrogen) atoms. The Hall–Kier alpha value is -1.78. The number of amides is 2. The number of furan rings is 1. The van der Waals surface area contributed by atoms with Crippen LogP contribution in [0.1, 0.15) is 49.6 Å². The molecule has 1 N–H and O–H groups in total. The molecular formula is C15H22N2O3. The van der Waals surface area contributed by atoms with E-state index < -0.39 is 0 Å². The largest absolute Gasteiger partial charge is 0.459 e. The lowest BCUT2D eigenvalue weighted by atomic mass is 9.99. The van der Waals surface area contributed by atoms with Crippen LogP contribution in [0.5, 0.6) is 0 Å². The van der Waals surface area contributed by atoms with E-state index in [2.05, 4.69) is 12.2 Å². The van der Waals surface area contributed by atoms with Gasteiger partial charge in [0.15, 0.2) is 5.76 Å². The van der Waals surface area contributed by atoms with Gasteiger partial charge in [0.1, 0.15) is 0 Å². The number of rotatable bonds is 5. The van der Waals surface area contributed by atoms with Gasteiger partial charge < -0.3 is 14.6 Å². The minimum absolute atomic E-state index is 0.135. The van der Waals surface area contributed by atoms with Gasteiger partial charge in [-0.3, -0.25) is 9.59 Å². The van der Waals surface area contributed by atoms with Crippen LogP contribution in [0.4, 0.5) is 0 Å². The predicted octanol–water partition coefficient (Wildman–Crippen LogP) is 2.19. The second kappa shape index (κ2) is 7.12. The molecule has 1 saturated heterocycles. The molecule has 1 aliphatic heterocycles. The smallest absolute Gasteiger partial charge is 0.286 e. The van der Waals surface area contributed by atoms with Gasteiger partial charge in [-0.25, -0.2) is 0 Å². The Labute approximate surface area is 119 Å². The normalized spacial score (nSPS) is 18.9. The monoisotopic (exact) mass is 278 g/mol. The van der Waals surface area contributed by atoms with Crippen molar-refractivity contribution in [3.05, 3.63) is 24.2 Å². The van der Waals surface area contributed by atoms with Gasteiger partial charge in [-0.2, -0.15) is 0 Å². The van der Waals surface area contributed by atoms with Crippen LogP contribution in [0, 0.1) is 0 Å². The molecule has 1 aromatic rings. The van der Waals surface area contributed by atoms with Crippen molar-refractivity contribution in [2.45, 2.75) is 45.1 Å². The van der Waals surface area contributed by atoms with Gasteiger partial charge in [-0.15, -0.1) is 0 Å². The third-order valence-electron chi connectivity index (χ3n) is 3.79. The van der Waals surface area contributed by atoms with Gasteiger partial charge in [0.05, 0.1) is 6.26 Å². The number of nitrogens with zero attached hydrogens (tertiary/aromatic N) is 1. The highest BCUT2D eigenvalue weighted by Gasteiger charge is 2.24. The lowest BCUT2D eigenvalue weighted by molar-refractivity contribution is -0.134. The van der Waals surface area contributed by atoms with E-state index in [0.717, 1.165) is 25.8 Å². The number of hydrogen-bond acceptors (Lipinski definition) is 3. The minimum atomic E-state index is -0.270. The summed E-state index contributed by atoms with van der Waals surface area (Å²) in [4.78, 5) is 25.8. The molecule has 1 atom stereocenters. The second-order valence-electron chi connectivity index (χ2n) is 5.13. The van der Waals surface area contributed by atoms with Gasteiger partial charge in [-0.1, -0.05) is 6.92 Å². The zero-order valence-corrected chi connectivity index (χ0v) is 11.9.